The van der Waals surface area contributed by atoms with E-state index in [0.717, 1.165) is 11.3 Å². The predicted octanol–water partition coefficient (Wildman–Crippen LogP) is 4.74. The lowest BCUT2D eigenvalue weighted by Crippen LogP contribution is -2.45. The van der Waals surface area contributed by atoms with Crippen LogP contribution in [0.1, 0.15) is 17.9 Å². The minimum absolute atomic E-state index is 0.00870. The zero-order chi connectivity index (χ0) is 19.3. The molecule has 0 radical (unpaired) electrons. The normalized spacial score (nSPS) is 21.0. The van der Waals surface area contributed by atoms with Crippen LogP contribution < -0.4 is 9.47 Å². The van der Waals surface area contributed by atoms with Crippen LogP contribution in [-0.4, -0.2) is 44.4 Å². The number of likely N-dealkylation sites (tertiary alicyclic amines) is 1. The van der Waals surface area contributed by atoms with Crippen molar-refractivity contribution in [2.45, 2.75) is 18.5 Å². The summed E-state index contributed by atoms with van der Waals surface area (Å²) in [6, 6.07) is 17.2. The third-order valence-corrected chi connectivity index (χ3v) is 4.97. The number of alkyl halides is 3. The first-order chi connectivity index (χ1) is 12.9. The molecule has 0 aromatic heterocycles. The summed E-state index contributed by atoms with van der Waals surface area (Å²) >= 11 is 0. The standard InChI is InChI=1S/C21H24F3NO2/c1-26-18-7-9-19(10-8-18)27-14-17-13-25(15-21(22,23)24)12-11-20(17)16-5-3-2-4-6-16/h2-10,17,20H,11-15H2,1H3/t17-,20+/m0/s1. The minimum Gasteiger partial charge on any atom is -0.497 e. The second-order valence-electron chi connectivity index (χ2n) is 6.90. The van der Waals surface area contributed by atoms with Crippen LogP contribution in [0.25, 0.3) is 0 Å². The molecule has 0 N–H and O–H groups in total. The molecule has 1 heterocycles. The SMILES string of the molecule is COc1ccc(OC[C@@H]2CN(CC(F)(F)F)CC[C@@H]2c2ccccc2)cc1. The Morgan fingerprint density at radius 1 is 1.00 bits per heavy atom. The summed E-state index contributed by atoms with van der Waals surface area (Å²) in [7, 11) is 1.59. The molecule has 0 amide bonds. The Labute approximate surface area is 157 Å². The van der Waals surface area contributed by atoms with E-state index in [1.807, 2.05) is 42.5 Å². The van der Waals surface area contributed by atoms with E-state index in [4.69, 9.17) is 9.47 Å². The van der Waals surface area contributed by atoms with Gasteiger partial charge in [-0.2, -0.15) is 13.2 Å². The van der Waals surface area contributed by atoms with Crippen LogP contribution in [0.2, 0.25) is 0 Å². The van der Waals surface area contributed by atoms with Crippen molar-refractivity contribution in [1.29, 1.82) is 0 Å². The maximum Gasteiger partial charge on any atom is 0.401 e. The van der Waals surface area contributed by atoms with Gasteiger partial charge in [0.1, 0.15) is 11.5 Å². The van der Waals surface area contributed by atoms with Crippen molar-refractivity contribution in [3.8, 4) is 11.5 Å². The lowest BCUT2D eigenvalue weighted by molar-refractivity contribution is -0.150. The van der Waals surface area contributed by atoms with E-state index in [1.165, 1.54) is 4.90 Å². The Hall–Kier alpha value is -2.21. The van der Waals surface area contributed by atoms with Gasteiger partial charge in [0.2, 0.25) is 0 Å². The number of hydrogen-bond acceptors (Lipinski definition) is 3. The molecule has 0 bridgehead atoms. The fourth-order valence-electron chi connectivity index (χ4n) is 3.69. The van der Waals surface area contributed by atoms with E-state index in [9.17, 15) is 13.2 Å². The van der Waals surface area contributed by atoms with Crippen LogP contribution in [0.4, 0.5) is 13.2 Å². The zero-order valence-electron chi connectivity index (χ0n) is 15.3. The fraction of sp³-hybridized carbons (Fsp3) is 0.429. The van der Waals surface area contributed by atoms with Crippen LogP contribution in [0.15, 0.2) is 54.6 Å². The molecule has 1 aliphatic rings. The van der Waals surface area contributed by atoms with Gasteiger partial charge in [0, 0.05) is 12.5 Å². The second kappa shape index (κ2) is 8.65. The van der Waals surface area contributed by atoms with Crippen molar-refractivity contribution in [3.05, 3.63) is 60.2 Å². The molecule has 1 saturated heterocycles. The summed E-state index contributed by atoms with van der Waals surface area (Å²) in [5, 5.41) is 0. The molecule has 0 saturated carbocycles. The number of ether oxygens (including phenoxy) is 2. The van der Waals surface area contributed by atoms with E-state index < -0.39 is 12.7 Å². The van der Waals surface area contributed by atoms with Gasteiger partial charge in [-0.15, -0.1) is 0 Å². The summed E-state index contributed by atoms with van der Waals surface area (Å²) in [5.41, 5.74) is 1.16. The maximum atomic E-state index is 12.8. The van der Waals surface area contributed by atoms with E-state index in [2.05, 4.69) is 0 Å². The number of halogens is 3. The Bertz CT molecular complexity index is 704. The van der Waals surface area contributed by atoms with Gasteiger partial charge in [0.25, 0.3) is 0 Å². The smallest absolute Gasteiger partial charge is 0.401 e. The number of hydrogen-bond donors (Lipinski definition) is 0. The molecule has 2 aromatic carbocycles. The average molecular weight is 379 g/mol. The molecule has 6 heteroatoms. The third kappa shape index (κ3) is 5.63. The third-order valence-electron chi connectivity index (χ3n) is 4.97. The summed E-state index contributed by atoms with van der Waals surface area (Å²) in [6.45, 7) is 0.321. The van der Waals surface area contributed by atoms with E-state index in [1.54, 1.807) is 19.2 Å². The monoisotopic (exact) mass is 379 g/mol. The van der Waals surface area contributed by atoms with Gasteiger partial charge in [0.15, 0.2) is 0 Å². The lowest BCUT2D eigenvalue weighted by Gasteiger charge is -2.39. The molecule has 0 unspecified atom stereocenters. The number of rotatable bonds is 6. The van der Waals surface area contributed by atoms with Crippen molar-refractivity contribution in [1.82, 2.24) is 4.90 Å². The molecule has 0 spiro atoms. The van der Waals surface area contributed by atoms with E-state index in [0.29, 0.717) is 31.9 Å². The number of nitrogens with zero attached hydrogens (tertiary/aromatic N) is 1. The molecule has 3 nitrogen and oxygen atoms in total. The molecule has 3 rings (SSSR count). The van der Waals surface area contributed by atoms with Gasteiger partial charge in [0.05, 0.1) is 20.3 Å². The average Bonchev–Trinajstić information content (AvgIpc) is 2.66. The fourth-order valence-corrected chi connectivity index (χ4v) is 3.69. The summed E-state index contributed by atoms with van der Waals surface area (Å²) in [4.78, 5) is 1.49. The Morgan fingerprint density at radius 2 is 1.67 bits per heavy atom. The highest BCUT2D eigenvalue weighted by Gasteiger charge is 2.36. The van der Waals surface area contributed by atoms with Gasteiger partial charge >= 0.3 is 6.18 Å². The van der Waals surface area contributed by atoms with Gasteiger partial charge in [-0.25, -0.2) is 0 Å². The molecular weight excluding hydrogens is 355 g/mol. The first-order valence-corrected chi connectivity index (χ1v) is 9.05. The number of methoxy groups -OCH3 is 1. The Morgan fingerprint density at radius 3 is 2.30 bits per heavy atom. The Kier molecular flexibility index (Phi) is 6.26. The lowest BCUT2D eigenvalue weighted by atomic mass is 9.81. The van der Waals surface area contributed by atoms with Gasteiger partial charge in [-0.05, 0) is 48.7 Å². The van der Waals surface area contributed by atoms with Crippen molar-refractivity contribution in [2.75, 3.05) is 33.4 Å². The molecule has 27 heavy (non-hydrogen) atoms. The molecule has 2 atom stereocenters. The van der Waals surface area contributed by atoms with Crippen molar-refractivity contribution >= 4 is 0 Å². The topological polar surface area (TPSA) is 21.7 Å². The minimum atomic E-state index is -4.18. The molecule has 1 aliphatic heterocycles. The molecule has 0 aliphatic carbocycles. The first kappa shape index (κ1) is 19.5. The molecule has 2 aromatic rings. The van der Waals surface area contributed by atoms with Crippen molar-refractivity contribution < 1.29 is 22.6 Å². The highest BCUT2D eigenvalue weighted by Crippen LogP contribution is 2.34. The molecule has 146 valence electrons. The quantitative estimate of drug-likeness (QED) is 0.724. The van der Waals surface area contributed by atoms with Crippen LogP contribution >= 0.6 is 0 Å². The number of piperidine rings is 1. The first-order valence-electron chi connectivity index (χ1n) is 9.05. The van der Waals surface area contributed by atoms with Gasteiger partial charge in [-0.3, -0.25) is 4.90 Å². The van der Waals surface area contributed by atoms with Crippen LogP contribution in [-0.2, 0) is 0 Å². The second-order valence-corrected chi connectivity index (χ2v) is 6.90. The highest BCUT2D eigenvalue weighted by molar-refractivity contribution is 5.31. The summed E-state index contributed by atoms with van der Waals surface area (Å²) in [6.07, 6.45) is -3.49. The maximum absolute atomic E-state index is 12.8. The summed E-state index contributed by atoms with van der Waals surface area (Å²) in [5.74, 6) is 1.61. The van der Waals surface area contributed by atoms with Crippen molar-refractivity contribution in [3.63, 3.8) is 0 Å². The Balaban J connectivity index is 1.70. The van der Waals surface area contributed by atoms with Crippen LogP contribution in [0.3, 0.4) is 0 Å². The van der Waals surface area contributed by atoms with Crippen molar-refractivity contribution in [2.24, 2.45) is 5.92 Å². The largest absolute Gasteiger partial charge is 0.497 e. The van der Waals surface area contributed by atoms with Crippen LogP contribution in [0, 0.1) is 5.92 Å². The number of benzene rings is 2. The highest BCUT2D eigenvalue weighted by atomic mass is 19.4. The summed E-state index contributed by atoms with van der Waals surface area (Å²) < 4.78 is 49.5. The van der Waals surface area contributed by atoms with E-state index in [-0.39, 0.29) is 11.8 Å². The molecular formula is C21H24F3NO2. The van der Waals surface area contributed by atoms with E-state index >= 15 is 0 Å². The predicted molar refractivity (Wildman–Crippen MR) is 98.3 cm³/mol. The zero-order valence-corrected chi connectivity index (χ0v) is 15.3. The molecule has 1 fully saturated rings. The van der Waals surface area contributed by atoms with Gasteiger partial charge < -0.3 is 9.47 Å². The van der Waals surface area contributed by atoms with Crippen LogP contribution in [0.5, 0.6) is 11.5 Å². The van der Waals surface area contributed by atoms with Gasteiger partial charge in [-0.1, -0.05) is 30.3 Å².